The lowest BCUT2D eigenvalue weighted by molar-refractivity contribution is 0.0937. The first-order chi connectivity index (χ1) is 8.41. The lowest BCUT2D eigenvalue weighted by atomic mass is 10.0. The normalized spacial score (nSPS) is 13.1. The Hall–Kier alpha value is -0.810. The lowest BCUT2D eigenvalue weighted by Crippen LogP contribution is -2.41. The number of likely N-dealkylation sites (N-methyl/N-ethyl adjacent to an activating group) is 1. The van der Waals surface area contributed by atoms with E-state index in [0.717, 1.165) is 6.42 Å². The summed E-state index contributed by atoms with van der Waals surface area (Å²) in [5.41, 5.74) is 0.539. The van der Waals surface area contributed by atoms with Gasteiger partial charge in [0, 0.05) is 12.6 Å². The minimum Gasteiger partial charge on any atom is -0.457 e. The first-order valence-corrected chi connectivity index (χ1v) is 6.88. The van der Waals surface area contributed by atoms with Crippen molar-refractivity contribution in [2.75, 3.05) is 20.6 Å². The van der Waals surface area contributed by atoms with Crippen molar-refractivity contribution >= 4 is 21.8 Å². The van der Waals surface area contributed by atoms with E-state index in [2.05, 4.69) is 40.0 Å². The van der Waals surface area contributed by atoms with Crippen molar-refractivity contribution in [1.82, 2.24) is 10.2 Å². The third kappa shape index (κ3) is 4.46. The molecule has 0 bridgehead atoms. The number of furan rings is 1. The zero-order chi connectivity index (χ0) is 13.7. The average Bonchev–Trinajstić information content (AvgIpc) is 2.69. The Kier molecular flexibility index (Phi) is 5.88. The molecular weight excluding hydrogens is 296 g/mol. The van der Waals surface area contributed by atoms with Crippen molar-refractivity contribution < 1.29 is 9.21 Å². The Bertz CT molecular complexity index is 388. The second kappa shape index (κ2) is 6.95. The van der Waals surface area contributed by atoms with Gasteiger partial charge in [0.15, 0.2) is 4.67 Å². The molecule has 1 heterocycles. The first kappa shape index (κ1) is 15.2. The van der Waals surface area contributed by atoms with Gasteiger partial charge in [-0.2, -0.15) is 0 Å². The fourth-order valence-corrected chi connectivity index (χ4v) is 2.20. The van der Waals surface area contributed by atoms with Crippen LogP contribution in [-0.2, 0) is 0 Å². The lowest BCUT2D eigenvalue weighted by Gasteiger charge is -2.26. The molecule has 1 amide bonds. The van der Waals surface area contributed by atoms with Crippen LogP contribution in [0.5, 0.6) is 0 Å². The highest BCUT2D eigenvalue weighted by atomic mass is 79.9. The third-order valence-corrected chi connectivity index (χ3v) is 3.45. The van der Waals surface area contributed by atoms with Crippen LogP contribution in [0.2, 0.25) is 0 Å². The number of halogens is 1. The van der Waals surface area contributed by atoms with Crippen LogP contribution in [0, 0.1) is 5.92 Å². The second-order valence-electron chi connectivity index (χ2n) is 5.06. The molecule has 0 aromatic carbocycles. The maximum absolute atomic E-state index is 11.9. The topological polar surface area (TPSA) is 45.5 Å². The molecule has 1 aromatic heterocycles. The summed E-state index contributed by atoms with van der Waals surface area (Å²) < 4.78 is 5.53. The third-order valence-electron chi connectivity index (χ3n) is 2.83. The van der Waals surface area contributed by atoms with E-state index in [0.29, 0.717) is 28.7 Å². The Morgan fingerprint density at radius 2 is 2.17 bits per heavy atom. The summed E-state index contributed by atoms with van der Waals surface area (Å²) in [6, 6.07) is 2.01. The van der Waals surface area contributed by atoms with Gasteiger partial charge in [0.05, 0.1) is 11.8 Å². The quantitative estimate of drug-likeness (QED) is 0.877. The molecule has 0 saturated heterocycles. The number of nitrogens with one attached hydrogen (secondary N) is 1. The summed E-state index contributed by atoms with van der Waals surface area (Å²) in [7, 11) is 4.07. The van der Waals surface area contributed by atoms with E-state index in [1.54, 1.807) is 6.07 Å². The molecule has 0 saturated carbocycles. The summed E-state index contributed by atoms with van der Waals surface area (Å²) in [5, 5.41) is 2.94. The van der Waals surface area contributed by atoms with Crippen LogP contribution in [0.15, 0.2) is 21.4 Å². The zero-order valence-electron chi connectivity index (χ0n) is 11.4. The van der Waals surface area contributed by atoms with Gasteiger partial charge in [-0.25, -0.2) is 0 Å². The molecule has 0 aliphatic heterocycles. The molecule has 0 fully saturated rings. The molecule has 1 atom stereocenters. The van der Waals surface area contributed by atoms with Gasteiger partial charge in [-0.3, -0.25) is 4.79 Å². The minimum atomic E-state index is -0.105. The first-order valence-electron chi connectivity index (χ1n) is 6.09. The van der Waals surface area contributed by atoms with Gasteiger partial charge in [0.25, 0.3) is 5.91 Å². The summed E-state index contributed by atoms with van der Waals surface area (Å²) in [6.45, 7) is 5.01. The molecule has 0 radical (unpaired) electrons. The van der Waals surface area contributed by atoms with E-state index in [1.165, 1.54) is 6.26 Å². The number of carbonyl (C=O) groups excluding carboxylic acids is 1. The van der Waals surface area contributed by atoms with Crippen molar-refractivity contribution in [2.45, 2.75) is 26.3 Å². The smallest absolute Gasteiger partial charge is 0.255 e. The monoisotopic (exact) mass is 316 g/mol. The van der Waals surface area contributed by atoms with Crippen molar-refractivity contribution in [3.8, 4) is 0 Å². The largest absolute Gasteiger partial charge is 0.457 e. The number of nitrogens with zero attached hydrogens (tertiary/aromatic N) is 1. The van der Waals surface area contributed by atoms with Gasteiger partial charge in [0.1, 0.15) is 0 Å². The van der Waals surface area contributed by atoms with E-state index in [-0.39, 0.29) is 5.91 Å². The van der Waals surface area contributed by atoms with Crippen molar-refractivity contribution in [3.63, 3.8) is 0 Å². The molecule has 18 heavy (non-hydrogen) atoms. The molecule has 5 heteroatoms. The molecule has 1 N–H and O–H groups in total. The van der Waals surface area contributed by atoms with Gasteiger partial charge in [0.2, 0.25) is 0 Å². The van der Waals surface area contributed by atoms with Crippen molar-refractivity contribution in [1.29, 1.82) is 0 Å². The van der Waals surface area contributed by atoms with Crippen LogP contribution < -0.4 is 5.32 Å². The van der Waals surface area contributed by atoms with Gasteiger partial charge in [-0.05, 0) is 48.4 Å². The Balaban J connectivity index is 2.52. The van der Waals surface area contributed by atoms with E-state index in [4.69, 9.17) is 4.42 Å². The number of amides is 1. The highest BCUT2D eigenvalue weighted by Gasteiger charge is 2.17. The van der Waals surface area contributed by atoms with E-state index < -0.39 is 0 Å². The number of hydrogen-bond acceptors (Lipinski definition) is 3. The van der Waals surface area contributed by atoms with Crippen molar-refractivity contribution in [2.24, 2.45) is 5.92 Å². The van der Waals surface area contributed by atoms with Crippen molar-refractivity contribution in [3.05, 3.63) is 22.6 Å². The molecule has 0 aliphatic rings. The van der Waals surface area contributed by atoms with Crippen LogP contribution in [0.25, 0.3) is 0 Å². The summed E-state index contributed by atoms with van der Waals surface area (Å²) in [4.78, 5) is 14.1. The van der Waals surface area contributed by atoms with Crippen LogP contribution in [-0.4, -0.2) is 37.5 Å². The molecule has 1 aromatic rings. The fraction of sp³-hybridized carbons (Fsp3) is 0.615. The summed E-state index contributed by atoms with van der Waals surface area (Å²) in [6.07, 6.45) is 2.55. The maximum Gasteiger partial charge on any atom is 0.255 e. The predicted molar refractivity (Wildman–Crippen MR) is 75.7 cm³/mol. The standard InChI is InChI=1S/C13H21BrN2O2/c1-9(2)7-10(16(3)4)8-15-13(17)11-5-6-18-12(11)14/h5-6,9-10H,7-8H2,1-4H3,(H,15,17). The van der Waals surface area contributed by atoms with Gasteiger partial charge < -0.3 is 14.6 Å². The predicted octanol–water partition coefficient (Wildman–Crippen LogP) is 2.75. The van der Waals surface area contributed by atoms with Crippen LogP contribution in [0.3, 0.4) is 0 Å². The molecule has 4 nitrogen and oxygen atoms in total. The summed E-state index contributed by atoms with van der Waals surface area (Å²) in [5.74, 6) is 0.501. The number of hydrogen-bond donors (Lipinski definition) is 1. The Morgan fingerprint density at radius 1 is 1.50 bits per heavy atom. The molecular formula is C13H21BrN2O2. The van der Waals surface area contributed by atoms with E-state index in [9.17, 15) is 4.79 Å². The van der Waals surface area contributed by atoms with Crippen LogP contribution in [0.4, 0.5) is 0 Å². The summed E-state index contributed by atoms with van der Waals surface area (Å²) >= 11 is 3.21. The highest BCUT2D eigenvalue weighted by molar-refractivity contribution is 9.10. The zero-order valence-corrected chi connectivity index (χ0v) is 13.0. The fourth-order valence-electron chi connectivity index (χ4n) is 1.78. The average molecular weight is 317 g/mol. The van der Waals surface area contributed by atoms with E-state index >= 15 is 0 Å². The molecule has 1 unspecified atom stereocenters. The number of rotatable bonds is 6. The van der Waals surface area contributed by atoms with Gasteiger partial charge in [-0.15, -0.1) is 0 Å². The van der Waals surface area contributed by atoms with Crippen LogP contribution >= 0.6 is 15.9 Å². The second-order valence-corrected chi connectivity index (χ2v) is 5.79. The highest BCUT2D eigenvalue weighted by Crippen LogP contribution is 2.17. The Labute approximate surface area is 117 Å². The number of carbonyl (C=O) groups is 1. The molecule has 1 rings (SSSR count). The Morgan fingerprint density at radius 3 is 2.61 bits per heavy atom. The minimum absolute atomic E-state index is 0.105. The molecule has 0 aliphatic carbocycles. The van der Waals surface area contributed by atoms with Crippen LogP contribution in [0.1, 0.15) is 30.6 Å². The maximum atomic E-state index is 11.9. The SMILES string of the molecule is CC(C)CC(CNC(=O)c1ccoc1Br)N(C)C. The molecule has 102 valence electrons. The van der Waals surface area contributed by atoms with Gasteiger partial charge >= 0.3 is 0 Å². The molecule has 0 spiro atoms. The van der Waals surface area contributed by atoms with Gasteiger partial charge in [-0.1, -0.05) is 13.8 Å². The van der Waals surface area contributed by atoms with E-state index in [1.807, 2.05) is 14.1 Å².